The third kappa shape index (κ3) is 3.44. The van der Waals surface area contributed by atoms with Gasteiger partial charge in [-0.1, -0.05) is 12.1 Å². The van der Waals surface area contributed by atoms with E-state index < -0.39 is 0 Å². The van der Waals surface area contributed by atoms with E-state index >= 15 is 0 Å². The molecule has 0 bridgehead atoms. The predicted octanol–water partition coefficient (Wildman–Crippen LogP) is 2.90. The van der Waals surface area contributed by atoms with Crippen molar-refractivity contribution < 1.29 is 4.74 Å². The zero-order chi connectivity index (χ0) is 13.7. The Balaban J connectivity index is 2.17. The van der Waals surface area contributed by atoms with Crippen molar-refractivity contribution in [2.45, 2.75) is 26.4 Å². The minimum Gasteiger partial charge on any atom is -0.497 e. The van der Waals surface area contributed by atoms with E-state index in [-0.39, 0.29) is 0 Å². The first-order chi connectivity index (χ1) is 9.20. The lowest BCUT2D eigenvalue weighted by Gasteiger charge is -2.26. The summed E-state index contributed by atoms with van der Waals surface area (Å²) in [5.41, 5.74) is 1.21. The van der Waals surface area contributed by atoms with Gasteiger partial charge in [0.1, 0.15) is 5.75 Å². The summed E-state index contributed by atoms with van der Waals surface area (Å²) < 4.78 is 5.17. The fraction of sp³-hybridized carbons (Fsp3) is 0.333. The molecule has 0 saturated carbocycles. The van der Waals surface area contributed by atoms with Crippen molar-refractivity contribution in [3.8, 4) is 5.75 Å². The maximum atomic E-state index is 5.17. The number of methoxy groups -OCH3 is 1. The van der Waals surface area contributed by atoms with Gasteiger partial charge < -0.3 is 9.64 Å². The van der Waals surface area contributed by atoms with Gasteiger partial charge in [0, 0.05) is 25.0 Å². The van der Waals surface area contributed by atoms with Gasteiger partial charge in [0.15, 0.2) is 0 Å². The van der Waals surface area contributed by atoms with Crippen LogP contribution >= 0.6 is 0 Å². The summed E-state index contributed by atoms with van der Waals surface area (Å²) in [5, 5.41) is 0. The van der Waals surface area contributed by atoms with Crippen molar-refractivity contribution in [3.63, 3.8) is 0 Å². The summed E-state index contributed by atoms with van der Waals surface area (Å²) in [5.74, 6) is 1.63. The molecule has 1 aromatic heterocycles. The van der Waals surface area contributed by atoms with Crippen LogP contribution in [-0.2, 0) is 6.54 Å². The molecule has 0 unspecified atom stereocenters. The molecule has 2 rings (SSSR count). The highest BCUT2D eigenvalue weighted by Crippen LogP contribution is 2.17. The number of anilines is 1. The zero-order valence-corrected chi connectivity index (χ0v) is 11.6. The Morgan fingerprint density at radius 3 is 2.26 bits per heavy atom. The number of nitrogens with zero attached hydrogens (tertiary/aromatic N) is 3. The first kappa shape index (κ1) is 13.3. The predicted molar refractivity (Wildman–Crippen MR) is 76.3 cm³/mol. The second kappa shape index (κ2) is 6.18. The van der Waals surface area contributed by atoms with Crippen LogP contribution in [0.15, 0.2) is 42.7 Å². The van der Waals surface area contributed by atoms with Gasteiger partial charge in [0.05, 0.1) is 7.11 Å². The van der Waals surface area contributed by atoms with Crippen LogP contribution in [0.1, 0.15) is 19.4 Å². The van der Waals surface area contributed by atoms with Gasteiger partial charge in [-0.15, -0.1) is 0 Å². The maximum Gasteiger partial charge on any atom is 0.225 e. The molecule has 4 heteroatoms. The van der Waals surface area contributed by atoms with Crippen molar-refractivity contribution in [1.82, 2.24) is 9.97 Å². The van der Waals surface area contributed by atoms with Gasteiger partial charge in [0.2, 0.25) is 5.95 Å². The van der Waals surface area contributed by atoms with E-state index in [1.54, 1.807) is 19.5 Å². The maximum absolute atomic E-state index is 5.17. The summed E-state index contributed by atoms with van der Waals surface area (Å²) in [6, 6.07) is 10.2. The van der Waals surface area contributed by atoms with Crippen molar-refractivity contribution >= 4 is 5.95 Å². The molecule has 0 radical (unpaired) electrons. The van der Waals surface area contributed by atoms with Gasteiger partial charge >= 0.3 is 0 Å². The SMILES string of the molecule is COc1ccc(CN(c2ncccn2)C(C)C)cc1. The first-order valence-corrected chi connectivity index (χ1v) is 6.37. The molecule has 0 aliphatic carbocycles. The molecular formula is C15H19N3O. The molecule has 4 nitrogen and oxygen atoms in total. The summed E-state index contributed by atoms with van der Waals surface area (Å²) in [4.78, 5) is 10.8. The molecule has 100 valence electrons. The molecular weight excluding hydrogens is 238 g/mol. The highest BCUT2D eigenvalue weighted by atomic mass is 16.5. The lowest BCUT2D eigenvalue weighted by Crippen LogP contribution is -2.31. The Morgan fingerprint density at radius 2 is 1.74 bits per heavy atom. The summed E-state index contributed by atoms with van der Waals surface area (Å²) >= 11 is 0. The molecule has 1 heterocycles. The molecule has 0 amide bonds. The molecule has 19 heavy (non-hydrogen) atoms. The molecule has 0 aliphatic heterocycles. The Bertz CT molecular complexity index is 497. The van der Waals surface area contributed by atoms with E-state index in [1.165, 1.54) is 5.56 Å². The molecule has 0 aliphatic rings. The van der Waals surface area contributed by atoms with Crippen molar-refractivity contribution in [1.29, 1.82) is 0 Å². The van der Waals surface area contributed by atoms with Crippen LogP contribution in [0, 0.1) is 0 Å². The molecule has 0 spiro atoms. The highest BCUT2D eigenvalue weighted by molar-refractivity contribution is 5.34. The Kier molecular flexibility index (Phi) is 4.34. The zero-order valence-electron chi connectivity index (χ0n) is 11.6. The van der Waals surface area contributed by atoms with Crippen LogP contribution < -0.4 is 9.64 Å². The number of hydrogen-bond donors (Lipinski definition) is 0. The Hall–Kier alpha value is -2.10. The molecule has 0 saturated heterocycles. The van der Waals surface area contributed by atoms with E-state index in [0.717, 1.165) is 18.2 Å². The van der Waals surface area contributed by atoms with Crippen LogP contribution in [0.3, 0.4) is 0 Å². The van der Waals surface area contributed by atoms with Gasteiger partial charge in [-0.2, -0.15) is 0 Å². The Labute approximate surface area is 114 Å². The quantitative estimate of drug-likeness (QED) is 0.825. The van der Waals surface area contributed by atoms with Crippen LogP contribution in [0.4, 0.5) is 5.95 Å². The number of ether oxygens (including phenoxy) is 1. The number of benzene rings is 1. The summed E-state index contributed by atoms with van der Waals surface area (Å²) in [7, 11) is 1.67. The second-order valence-electron chi connectivity index (χ2n) is 4.62. The Morgan fingerprint density at radius 1 is 1.11 bits per heavy atom. The lowest BCUT2D eigenvalue weighted by molar-refractivity contribution is 0.414. The van der Waals surface area contributed by atoms with Crippen LogP contribution in [-0.4, -0.2) is 23.1 Å². The number of rotatable bonds is 5. The molecule has 0 N–H and O–H groups in total. The average molecular weight is 257 g/mol. The van der Waals surface area contributed by atoms with Crippen LogP contribution in [0.5, 0.6) is 5.75 Å². The van der Waals surface area contributed by atoms with E-state index in [0.29, 0.717) is 6.04 Å². The van der Waals surface area contributed by atoms with Gasteiger partial charge in [0.25, 0.3) is 0 Å². The van der Waals surface area contributed by atoms with Gasteiger partial charge in [-0.05, 0) is 37.6 Å². The highest BCUT2D eigenvalue weighted by Gasteiger charge is 2.13. The smallest absolute Gasteiger partial charge is 0.225 e. The third-order valence-electron chi connectivity index (χ3n) is 2.94. The van der Waals surface area contributed by atoms with Gasteiger partial charge in [-0.25, -0.2) is 9.97 Å². The van der Waals surface area contributed by atoms with E-state index in [1.807, 2.05) is 18.2 Å². The summed E-state index contributed by atoms with van der Waals surface area (Å²) in [6.45, 7) is 5.06. The van der Waals surface area contributed by atoms with E-state index in [4.69, 9.17) is 4.74 Å². The van der Waals surface area contributed by atoms with Crippen molar-refractivity contribution in [2.24, 2.45) is 0 Å². The molecule has 0 fully saturated rings. The normalized spacial score (nSPS) is 10.5. The average Bonchev–Trinajstić information content (AvgIpc) is 2.46. The summed E-state index contributed by atoms with van der Waals surface area (Å²) in [6.07, 6.45) is 3.54. The fourth-order valence-electron chi connectivity index (χ4n) is 1.85. The minimum atomic E-state index is 0.338. The molecule has 0 atom stereocenters. The number of aromatic nitrogens is 2. The van der Waals surface area contributed by atoms with Crippen molar-refractivity contribution in [2.75, 3.05) is 12.0 Å². The van der Waals surface area contributed by atoms with Crippen molar-refractivity contribution in [3.05, 3.63) is 48.3 Å². The first-order valence-electron chi connectivity index (χ1n) is 6.37. The van der Waals surface area contributed by atoms with Crippen LogP contribution in [0.2, 0.25) is 0 Å². The fourth-order valence-corrected chi connectivity index (χ4v) is 1.85. The third-order valence-corrected chi connectivity index (χ3v) is 2.94. The largest absolute Gasteiger partial charge is 0.497 e. The van der Waals surface area contributed by atoms with E-state index in [9.17, 15) is 0 Å². The topological polar surface area (TPSA) is 38.2 Å². The standard InChI is InChI=1S/C15H19N3O/c1-12(2)18(15-16-9-4-10-17-15)11-13-5-7-14(19-3)8-6-13/h4-10,12H,11H2,1-3H3. The lowest BCUT2D eigenvalue weighted by atomic mass is 10.2. The van der Waals surface area contributed by atoms with Gasteiger partial charge in [-0.3, -0.25) is 0 Å². The molecule has 2 aromatic rings. The number of hydrogen-bond acceptors (Lipinski definition) is 4. The minimum absolute atomic E-state index is 0.338. The second-order valence-corrected chi connectivity index (χ2v) is 4.62. The van der Waals surface area contributed by atoms with Crippen LogP contribution in [0.25, 0.3) is 0 Å². The monoisotopic (exact) mass is 257 g/mol. The molecule has 1 aromatic carbocycles. The van der Waals surface area contributed by atoms with E-state index in [2.05, 4.69) is 40.8 Å².